The molecule has 8 heavy (non-hydrogen) atoms. The first kappa shape index (κ1) is 15.7. The SMILES string of the molecule is C.CN.CO[SiH2]OC. The average molecular weight is 139 g/mol. The van der Waals surface area contributed by atoms with Crippen LogP contribution in [0.25, 0.3) is 0 Å². The molecule has 0 spiro atoms. The summed E-state index contributed by atoms with van der Waals surface area (Å²) in [6, 6.07) is 0. The van der Waals surface area contributed by atoms with Gasteiger partial charge < -0.3 is 14.6 Å². The summed E-state index contributed by atoms with van der Waals surface area (Å²) in [6.07, 6.45) is 0. The van der Waals surface area contributed by atoms with E-state index in [1.165, 1.54) is 7.05 Å². The summed E-state index contributed by atoms with van der Waals surface area (Å²) in [7, 11) is 4.23. The van der Waals surface area contributed by atoms with Crippen LogP contribution in [0.15, 0.2) is 0 Å². The van der Waals surface area contributed by atoms with Gasteiger partial charge in [0, 0.05) is 14.2 Å². The fourth-order valence-corrected chi connectivity index (χ4v) is 0.354. The largest absolute Gasteiger partial charge is 0.402 e. The molecule has 0 aliphatic heterocycles. The second-order valence-corrected chi connectivity index (χ2v) is 2.09. The number of hydrogen-bond donors (Lipinski definition) is 1. The second kappa shape index (κ2) is 27.5. The Morgan fingerprint density at radius 1 is 1.12 bits per heavy atom. The smallest absolute Gasteiger partial charge is 0.303 e. The molecule has 3 nitrogen and oxygen atoms in total. The van der Waals surface area contributed by atoms with Crippen LogP contribution in [0.2, 0.25) is 0 Å². The lowest BCUT2D eigenvalue weighted by molar-refractivity contribution is 0.309. The van der Waals surface area contributed by atoms with Gasteiger partial charge in [-0.1, -0.05) is 7.43 Å². The third-order valence-corrected chi connectivity index (χ3v) is 0.707. The van der Waals surface area contributed by atoms with Crippen LogP contribution in [0.5, 0.6) is 0 Å². The fraction of sp³-hybridized carbons (Fsp3) is 1.00. The summed E-state index contributed by atoms with van der Waals surface area (Å²) in [5.41, 5.74) is 4.50. The zero-order valence-electron chi connectivity index (χ0n) is 5.10. The molecule has 0 aromatic rings. The van der Waals surface area contributed by atoms with Crippen molar-refractivity contribution >= 4 is 10.0 Å². The van der Waals surface area contributed by atoms with Gasteiger partial charge in [0.2, 0.25) is 0 Å². The van der Waals surface area contributed by atoms with Crippen molar-refractivity contribution in [1.82, 2.24) is 0 Å². The highest BCUT2D eigenvalue weighted by molar-refractivity contribution is 6.17. The van der Waals surface area contributed by atoms with Crippen molar-refractivity contribution in [3.8, 4) is 0 Å². The van der Waals surface area contributed by atoms with Crippen LogP contribution in [0, 0.1) is 0 Å². The van der Waals surface area contributed by atoms with Crippen molar-refractivity contribution in [3.05, 3.63) is 0 Å². The first-order chi connectivity index (χ1) is 3.41. The van der Waals surface area contributed by atoms with Crippen LogP contribution >= 0.6 is 0 Å². The maximum atomic E-state index is 4.61. The van der Waals surface area contributed by atoms with E-state index in [-0.39, 0.29) is 7.43 Å². The highest BCUT2D eigenvalue weighted by Gasteiger charge is 1.67. The third kappa shape index (κ3) is 36.0. The molecular weight excluding hydrogens is 122 g/mol. The lowest BCUT2D eigenvalue weighted by atomic mass is 11.6. The molecule has 0 aromatic carbocycles. The Morgan fingerprint density at radius 3 is 1.38 bits per heavy atom. The van der Waals surface area contributed by atoms with Crippen molar-refractivity contribution in [3.63, 3.8) is 0 Å². The Morgan fingerprint density at radius 2 is 1.38 bits per heavy atom. The topological polar surface area (TPSA) is 44.5 Å². The van der Waals surface area contributed by atoms with Crippen LogP contribution in [-0.4, -0.2) is 31.3 Å². The summed E-state index contributed by atoms with van der Waals surface area (Å²) >= 11 is 0. The molecule has 0 unspecified atom stereocenters. The quantitative estimate of drug-likeness (QED) is 0.524. The van der Waals surface area contributed by atoms with Crippen molar-refractivity contribution in [2.75, 3.05) is 21.3 Å². The van der Waals surface area contributed by atoms with E-state index in [0.717, 1.165) is 0 Å². The predicted octanol–water partition coefficient (Wildman–Crippen LogP) is -0.511. The zero-order valence-corrected chi connectivity index (χ0v) is 6.52. The average Bonchev–Trinajstić information content (AvgIpc) is 1.75. The van der Waals surface area contributed by atoms with E-state index in [4.69, 9.17) is 0 Å². The number of rotatable bonds is 2. The van der Waals surface area contributed by atoms with Gasteiger partial charge in [0.1, 0.15) is 0 Å². The molecule has 0 aromatic heterocycles. The Labute approximate surface area is 54.2 Å². The molecule has 0 saturated carbocycles. The summed E-state index contributed by atoms with van der Waals surface area (Å²) in [4.78, 5) is 0. The highest BCUT2D eigenvalue weighted by atomic mass is 28.3. The van der Waals surface area contributed by atoms with E-state index >= 15 is 0 Å². The van der Waals surface area contributed by atoms with Gasteiger partial charge in [0.05, 0.1) is 0 Å². The summed E-state index contributed by atoms with van der Waals surface area (Å²) in [5, 5.41) is 0. The van der Waals surface area contributed by atoms with E-state index in [1.54, 1.807) is 14.2 Å². The summed E-state index contributed by atoms with van der Waals surface area (Å²) in [5.74, 6) is 0. The number of hydrogen-bond acceptors (Lipinski definition) is 3. The molecule has 0 atom stereocenters. The highest BCUT2D eigenvalue weighted by Crippen LogP contribution is 1.55. The molecule has 2 N–H and O–H groups in total. The van der Waals surface area contributed by atoms with E-state index in [0.29, 0.717) is 0 Å². The van der Waals surface area contributed by atoms with Gasteiger partial charge in [0.25, 0.3) is 0 Å². The minimum Gasteiger partial charge on any atom is -0.402 e. The molecule has 0 saturated heterocycles. The minimum absolute atomic E-state index is 0. The molecule has 0 aliphatic carbocycles. The van der Waals surface area contributed by atoms with Crippen LogP contribution in [0.4, 0.5) is 0 Å². The van der Waals surface area contributed by atoms with Crippen LogP contribution in [-0.2, 0) is 8.85 Å². The molecule has 0 rings (SSSR count). The second-order valence-electron chi connectivity index (χ2n) is 0.695. The van der Waals surface area contributed by atoms with E-state index < -0.39 is 10.0 Å². The van der Waals surface area contributed by atoms with Gasteiger partial charge in [0.15, 0.2) is 0 Å². The van der Waals surface area contributed by atoms with E-state index in [2.05, 4.69) is 14.6 Å². The standard InChI is InChI=1S/C2H8O2Si.CH5N.CH4/c1-3-5-4-2;1-2;/h5H2,1-2H3;2H2,1H3;1H4. The van der Waals surface area contributed by atoms with Gasteiger partial charge in [-0.3, -0.25) is 0 Å². The molecule has 0 bridgehead atoms. The maximum Gasteiger partial charge on any atom is 0.303 e. The van der Waals surface area contributed by atoms with Gasteiger partial charge in [-0.15, -0.1) is 0 Å². The Kier molecular flexibility index (Phi) is 54.0. The maximum absolute atomic E-state index is 4.61. The van der Waals surface area contributed by atoms with Gasteiger partial charge in [-0.2, -0.15) is 0 Å². The fourth-order valence-electron chi connectivity index (χ4n) is 0.118. The predicted molar refractivity (Wildman–Crippen MR) is 39.4 cm³/mol. The summed E-state index contributed by atoms with van der Waals surface area (Å²) < 4.78 is 9.22. The van der Waals surface area contributed by atoms with E-state index in [9.17, 15) is 0 Å². The molecule has 54 valence electrons. The van der Waals surface area contributed by atoms with Gasteiger partial charge >= 0.3 is 10.0 Å². The molecule has 0 aliphatic rings. The Bertz CT molecular complexity index is 21.5. The van der Waals surface area contributed by atoms with Crippen LogP contribution in [0.1, 0.15) is 7.43 Å². The monoisotopic (exact) mass is 139 g/mol. The van der Waals surface area contributed by atoms with E-state index in [1.807, 2.05) is 0 Å². The van der Waals surface area contributed by atoms with Crippen molar-refractivity contribution in [2.45, 2.75) is 7.43 Å². The molecular formula is C4H17NO2Si. The molecule has 4 heteroatoms. The van der Waals surface area contributed by atoms with Crippen LogP contribution < -0.4 is 5.73 Å². The lowest BCUT2D eigenvalue weighted by Gasteiger charge is -1.86. The molecule has 0 heterocycles. The first-order valence-corrected chi connectivity index (χ1v) is 3.13. The normalized spacial score (nSPS) is 6.00. The Balaban J connectivity index is -0.0000000750. The first-order valence-electron chi connectivity index (χ1n) is 1.97. The Hall–Kier alpha value is 0.0969. The minimum atomic E-state index is -0.568. The van der Waals surface area contributed by atoms with Crippen molar-refractivity contribution < 1.29 is 8.85 Å². The third-order valence-electron chi connectivity index (χ3n) is 0.236. The summed E-state index contributed by atoms with van der Waals surface area (Å²) in [6.45, 7) is 0. The zero-order chi connectivity index (χ0) is 6.12. The van der Waals surface area contributed by atoms with Gasteiger partial charge in [-0.25, -0.2) is 0 Å². The van der Waals surface area contributed by atoms with Crippen molar-refractivity contribution in [2.24, 2.45) is 5.73 Å². The van der Waals surface area contributed by atoms with Gasteiger partial charge in [-0.05, 0) is 7.05 Å². The lowest BCUT2D eigenvalue weighted by Crippen LogP contribution is -1.93. The van der Waals surface area contributed by atoms with Crippen LogP contribution in [0.3, 0.4) is 0 Å². The van der Waals surface area contributed by atoms with Crippen molar-refractivity contribution in [1.29, 1.82) is 0 Å². The molecule has 0 radical (unpaired) electrons. The molecule has 0 amide bonds. The number of nitrogens with two attached hydrogens (primary N) is 1. The molecule has 0 fully saturated rings.